The molecule has 0 radical (unpaired) electrons. The molecule has 0 aliphatic heterocycles. The normalized spacial score (nSPS) is 14.5. The van der Waals surface area contributed by atoms with Crippen molar-refractivity contribution in [1.82, 2.24) is 0 Å². The van der Waals surface area contributed by atoms with Gasteiger partial charge in [-0.05, 0) is 33.6 Å². The molecule has 118 valence electrons. The number of Topliss-reactive ketones (excluding diaryl/α,β-unsaturated/α-hetero) is 1. The largest absolute Gasteiger partial charge is 0.486 e. The molecule has 0 spiro atoms. The molecule has 1 aliphatic carbocycles. The lowest BCUT2D eigenvalue weighted by Crippen LogP contribution is -2.11. The second-order valence-corrected chi connectivity index (χ2v) is 6.45. The van der Waals surface area contributed by atoms with Crippen molar-refractivity contribution in [2.24, 2.45) is 5.92 Å². The van der Waals surface area contributed by atoms with Crippen LogP contribution in [0.2, 0.25) is 0 Å². The molecule has 1 aliphatic rings. The topological polar surface area (TPSA) is 73.6 Å². The minimum absolute atomic E-state index is 0.0122. The van der Waals surface area contributed by atoms with Crippen LogP contribution in [0.4, 0.5) is 10.7 Å². The fourth-order valence-corrected chi connectivity index (χ4v) is 3.09. The zero-order valence-electron chi connectivity index (χ0n) is 12.9. The average Bonchev–Trinajstić information content (AvgIpc) is 3.23. The van der Waals surface area contributed by atoms with Gasteiger partial charge >= 0.3 is 0 Å². The van der Waals surface area contributed by atoms with Crippen LogP contribution in [0.1, 0.15) is 43.3 Å². The number of nitrogen functional groups attached to an aromatic ring is 1. The van der Waals surface area contributed by atoms with Gasteiger partial charge in [0.2, 0.25) is 0 Å². The van der Waals surface area contributed by atoms with E-state index in [9.17, 15) is 4.79 Å². The summed E-state index contributed by atoms with van der Waals surface area (Å²) in [6, 6.07) is 0. The van der Waals surface area contributed by atoms with Gasteiger partial charge in [-0.15, -0.1) is 11.3 Å². The summed E-state index contributed by atoms with van der Waals surface area (Å²) in [5.41, 5.74) is 6.62. The van der Waals surface area contributed by atoms with Crippen molar-refractivity contribution < 1.29 is 14.3 Å². The monoisotopic (exact) mass is 312 g/mol. The molecular weight excluding hydrogens is 288 g/mol. The second kappa shape index (κ2) is 7.13. The lowest BCUT2D eigenvalue weighted by molar-refractivity contribution is 0.0972. The van der Waals surface area contributed by atoms with Crippen LogP contribution >= 0.6 is 11.3 Å². The number of nitrogens with one attached hydrogen (secondary N) is 1. The van der Waals surface area contributed by atoms with Crippen molar-refractivity contribution >= 4 is 27.8 Å². The van der Waals surface area contributed by atoms with Crippen LogP contribution in [0.5, 0.6) is 5.75 Å². The molecule has 0 unspecified atom stereocenters. The van der Waals surface area contributed by atoms with Crippen LogP contribution in [0.25, 0.3) is 0 Å². The van der Waals surface area contributed by atoms with Gasteiger partial charge in [0.05, 0.1) is 23.3 Å². The Balaban J connectivity index is 2.15. The molecule has 2 rings (SSSR count). The number of rotatable bonds is 9. The predicted molar refractivity (Wildman–Crippen MR) is 86.5 cm³/mol. The third kappa shape index (κ3) is 4.11. The van der Waals surface area contributed by atoms with E-state index in [1.807, 2.05) is 20.8 Å². The van der Waals surface area contributed by atoms with E-state index in [-0.39, 0.29) is 17.8 Å². The SMILES string of the molecule is CCOCCNc1sc(C(=O)C2CC2)c(N)c1OC(C)C. The van der Waals surface area contributed by atoms with E-state index >= 15 is 0 Å². The van der Waals surface area contributed by atoms with Gasteiger partial charge in [-0.3, -0.25) is 4.79 Å². The Morgan fingerprint density at radius 1 is 1.48 bits per heavy atom. The third-order valence-corrected chi connectivity index (χ3v) is 4.32. The Bertz CT molecular complexity index is 495. The first-order valence-corrected chi connectivity index (χ1v) is 8.31. The standard InChI is InChI=1S/C15H24N2O3S/c1-4-19-8-7-17-15-13(20-9(2)3)11(16)14(21-15)12(18)10-5-6-10/h9-10,17H,4-8,16H2,1-3H3. The van der Waals surface area contributed by atoms with Crippen LogP contribution in [0.15, 0.2) is 0 Å². The number of carbonyl (C=O) groups is 1. The van der Waals surface area contributed by atoms with Crippen LogP contribution in [0.3, 0.4) is 0 Å². The van der Waals surface area contributed by atoms with Gasteiger partial charge in [-0.2, -0.15) is 0 Å². The number of hydrogen-bond donors (Lipinski definition) is 2. The first kappa shape index (κ1) is 16.1. The number of ether oxygens (including phenoxy) is 2. The zero-order valence-corrected chi connectivity index (χ0v) is 13.7. The number of anilines is 2. The van der Waals surface area contributed by atoms with Crippen LogP contribution in [-0.4, -0.2) is 31.6 Å². The molecule has 1 heterocycles. The highest BCUT2D eigenvalue weighted by Crippen LogP contribution is 2.46. The molecule has 0 saturated heterocycles. The minimum atomic E-state index is 0.0122. The van der Waals surface area contributed by atoms with E-state index in [1.165, 1.54) is 11.3 Å². The highest BCUT2D eigenvalue weighted by molar-refractivity contribution is 7.19. The van der Waals surface area contributed by atoms with E-state index in [0.29, 0.717) is 36.1 Å². The first-order valence-electron chi connectivity index (χ1n) is 7.49. The molecular formula is C15H24N2O3S. The first-order chi connectivity index (χ1) is 10.0. The molecule has 0 bridgehead atoms. The van der Waals surface area contributed by atoms with Crippen molar-refractivity contribution in [1.29, 1.82) is 0 Å². The summed E-state index contributed by atoms with van der Waals surface area (Å²) < 4.78 is 11.1. The molecule has 0 aromatic carbocycles. The number of ketones is 1. The number of hydrogen-bond acceptors (Lipinski definition) is 6. The molecule has 21 heavy (non-hydrogen) atoms. The molecule has 1 fully saturated rings. The third-order valence-electron chi connectivity index (χ3n) is 3.16. The number of nitrogens with two attached hydrogens (primary N) is 1. The summed E-state index contributed by atoms with van der Waals surface area (Å²) in [5, 5.41) is 4.09. The molecule has 1 aromatic heterocycles. The van der Waals surface area contributed by atoms with Crippen molar-refractivity contribution in [3.05, 3.63) is 4.88 Å². The lowest BCUT2D eigenvalue weighted by atomic mass is 10.2. The van der Waals surface area contributed by atoms with Gasteiger partial charge < -0.3 is 20.5 Å². The van der Waals surface area contributed by atoms with Crippen LogP contribution < -0.4 is 15.8 Å². The Labute approximate surface area is 129 Å². The molecule has 5 nitrogen and oxygen atoms in total. The highest BCUT2D eigenvalue weighted by atomic mass is 32.1. The Morgan fingerprint density at radius 2 is 2.19 bits per heavy atom. The van der Waals surface area contributed by atoms with Gasteiger partial charge in [0.15, 0.2) is 11.5 Å². The molecule has 3 N–H and O–H groups in total. The zero-order chi connectivity index (χ0) is 15.4. The van der Waals surface area contributed by atoms with Crippen molar-refractivity contribution in [3.8, 4) is 5.75 Å². The highest BCUT2D eigenvalue weighted by Gasteiger charge is 2.34. The Morgan fingerprint density at radius 3 is 2.76 bits per heavy atom. The maximum Gasteiger partial charge on any atom is 0.178 e. The summed E-state index contributed by atoms with van der Waals surface area (Å²) in [7, 11) is 0. The summed E-state index contributed by atoms with van der Waals surface area (Å²) in [5.74, 6) is 0.925. The van der Waals surface area contributed by atoms with Crippen molar-refractivity contribution in [3.63, 3.8) is 0 Å². The second-order valence-electron chi connectivity index (χ2n) is 5.43. The summed E-state index contributed by atoms with van der Waals surface area (Å²) in [6.45, 7) is 7.82. The van der Waals surface area contributed by atoms with Gasteiger partial charge in [0.25, 0.3) is 0 Å². The summed E-state index contributed by atoms with van der Waals surface area (Å²) in [4.78, 5) is 12.9. The molecule has 0 amide bonds. The maximum absolute atomic E-state index is 12.3. The molecule has 1 aromatic rings. The molecule has 6 heteroatoms. The van der Waals surface area contributed by atoms with Crippen LogP contribution in [0, 0.1) is 5.92 Å². The van der Waals surface area contributed by atoms with Crippen molar-refractivity contribution in [2.75, 3.05) is 30.8 Å². The number of carbonyl (C=O) groups excluding carboxylic acids is 1. The Kier molecular flexibility index (Phi) is 5.47. The van der Waals surface area contributed by atoms with Gasteiger partial charge in [-0.1, -0.05) is 0 Å². The van der Waals surface area contributed by atoms with Gasteiger partial charge in [0.1, 0.15) is 5.00 Å². The van der Waals surface area contributed by atoms with Gasteiger partial charge in [-0.25, -0.2) is 0 Å². The lowest BCUT2D eigenvalue weighted by Gasteiger charge is -2.12. The Hall–Kier alpha value is -1.27. The number of thiophene rings is 1. The maximum atomic E-state index is 12.3. The summed E-state index contributed by atoms with van der Waals surface area (Å²) in [6.07, 6.45) is 1.96. The predicted octanol–water partition coefficient (Wildman–Crippen LogP) is 3.16. The van der Waals surface area contributed by atoms with E-state index in [1.54, 1.807) is 0 Å². The average molecular weight is 312 g/mol. The summed E-state index contributed by atoms with van der Waals surface area (Å²) >= 11 is 1.40. The van der Waals surface area contributed by atoms with E-state index in [2.05, 4.69) is 5.32 Å². The van der Waals surface area contributed by atoms with E-state index in [0.717, 1.165) is 17.8 Å². The molecule has 1 saturated carbocycles. The van der Waals surface area contributed by atoms with Gasteiger partial charge in [0, 0.05) is 19.1 Å². The fraction of sp³-hybridized carbons (Fsp3) is 0.667. The fourth-order valence-electron chi connectivity index (χ4n) is 1.99. The van der Waals surface area contributed by atoms with E-state index < -0.39 is 0 Å². The van der Waals surface area contributed by atoms with Crippen LogP contribution in [-0.2, 0) is 4.74 Å². The quantitative estimate of drug-likeness (QED) is 0.541. The molecule has 0 atom stereocenters. The minimum Gasteiger partial charge on any atom is -0.486 e. The smallest absolute Gasteiger partial charge is 0.178 e. The van der Waals surface area contributed by atoms with E-state index in [4.69, 9.17) is 15.2 Å². The van der Waals surface area contributed by atoms with Crippen molar-refractivity contribution in [2.45, 2.75) is 39.7 Å².